The molecule has 0 atom stereocenters. The van der Waals surface area contributed by atoms with Crippen molar-refractivity contribution in [3.8, 4) is 0 Å². The van der Waals surface area contributed by atoms with Crippen LogP contribution in [0.3, 0.4) is 0 Å². The van der Waals surface area contributed by atoms with Crippen LogP contribution in [0, 0.1) is 0 Å². The monoisotopic (exact) mass is 354 g/mol. The molecule has 0 aliphatic heterocycles. The van der Waals surface area contributed by atoms with Crippen molar-refractivity contribution in [2.24, 2.45) is 0 Å². The zero-order valence-corrected chi connectivity index (χ0v) is 15.8. The van der Waals surface area contributed by atoms with Crippen LogP contribution in [0.1, 0.15) is 80.1 Å². The first-order valence-electron chi connectivity index (χ1n) is 7.58. The van der Waals surface area contributed by atoms with Crippen molar-refractivity contribution in [1.29, 1.82) is 0 Å². The molecule has 0 aromatic rings. The van der Waals surface area contributed by atoms with Crippen molar-refractivity contribution in [3.63, 3.8) is 0 Å². The maximum absolute atomic E-state index is 2.27. The minimum Gasteiger partial charge on any atom is -0.0919 e. The van der Waals surface area contributed by atoms with Crippen molar-refractivity contribution in [2.45, 2.75) is 80.1 Å². The average Bonchev–Trinajstić information content (AvgIpc) is 2.42. The van der Waals surface area contributed by atoms with E-state index in [4.69, 9.17) is 0 Å². The molecular formula is C18H36Ru. The molecule has 0 nitrogen and oxygen atoms in total. The Hall–Kier alpha value is -0.157. The number of hydrogen-bond donors (Lipinski definition) is 0. The van der Waals surface area contributed by atoms with Crippen LogP contribution < -0.4 is 0 Å². The Kier molecular flexibility index (Phi) is 51.7. The predicted molar refractivity (Wildman–Crippen MR) is 89.2 cm³/mol. The molecule has 0 spiro atoms. The topological polar surface area (TPSA) is 0 Å². The van der Waals surface area contributed by atoms with Gasteiger partial charge in [0, 0.05) is 19.5 Å². The summed E-state index contributed by atoms with van der Waals surface area (Å²) in [7, 11) is 0. The van der Waals surface area contributed by atoms with Gasteiger partial charge in [-0.1, -0.05) is 76.5 Å². The van der Waals surface area contributed by atoms with E-state index < -0.39 is 0 Å². The fourth-order valence-electron chi connectivity index (χ4n) is 0.902. The van der Waals surface area contributed by atoms with Crippen molar-refractivity contribution in [1.82, 2.24) is 0 Å². The number of hydrogen-bond acceptors (Lipinski definition) is 0. The van der Waals surface area contributed by atoms with Gasteiger partial charge in [0.15, 0.2) is 0 Å². The van der Waals surface area contributed by atoms with Gasteiger partial charge in [-0.05, 0) is 40.0 Å². The molecular weight excluding hydrogens is 317 g/mol. The van der Waals surface area contributed by atoms with E-state index in [1.807, 2.05) is 26.0 Å². The molecule has 0 rings (SSSR count). The molecule has 0 saturated carbocycles. The van der Waals surface area contributed by atoms with E-state index in [-0.39, 0.29) is 19.5 Å². The van der Waals surface area contributed by atoms with Gasteiger partial charge < -0.3 is 0 Å². The van der Waals surface area contributed by atoms with Crippen molar-refractivity contribution >= 4 is 0 Å². The standard InChI is InChI=1S/C8H16.C6H12.C4H8.Ru/c1-3-5-7-8-6-4-2;1-3-5-6-4-2;1-3-4-2;/h7-8H,3-6H2,1-2H3;3,5H,4,6H2,1-2H3;3-4H,1-2H3;. The number of rotatable bonds is 6. The smallest absolute Gasteiger partial charge is 0 e. The largest absolute Gasteiger partial charge is 0.0919 e. The third kappa shape index (κ3) is 57.3. The Morgan fingerprint density at radius 2 is 0.842 bits per heavy atom. The first-order chi connectivity index (χ1) is 8.74. The van der Waals surface area contributed by atoms with E-state index in [0.717, 1.165) is 0 Å². The quantitative estimate of drug-likeness (QED) is 0.353. The van der Waals surface area contributed by atoms with Crippen molar-refractivity contribution in [3.05, 3.63) is 36.5 Å². The third-order valence-corrected chi connectivity index (χ3v) is 2.10. The molecule has 0 saturated heterocycles. The Balaban J connectivity index is -0.0000000916. The normalized spacial score (nSPS) is 9.79. The second kappa shape index (κ2) is 36.1. The average molecular weight is 354 g/mol. The van der Waals surface area contributed by atoms with E-state index in [1.54, 1.807) is 0 Å². The van der Waals surface area contributed by atoms with Gasteiger partial charge in [0.1, 0.15) is 0 Å². The summed E-state index contributed by atoms with van der Waals surface area (Å²) in [4.78, 5) is 0. The summed E-state index contributed by atoms with van der Waals surface area (Å²) in [5.41, 5.74) is 0. The molecule has 0 N–H and O–H groups in total. The zero-order chi connectivity index (χ0) is 14.5. The number of allylic oxidation sites excluding steroid dienone is 6. The first kappa shape index (κ1) is 27.2. The Labute approximate surface area is 136 Å². The Morgan fingerprint density at radius 1 is 0.526 bits per heavy atom. The summed E-state index contributed by atoms with van der Waals surface area (Å²) in [6.45, 7) is 12.6. The summed E-state index contributed by atoms with van der Waals surface area (Å²) < 4.78 is 0. The Morgan fingerprint density at radius 3 is 1.00 bits per heavy atom. The molecule has 0 radical (unpaired) electrons. The van der Waals surface area contributed by atoms with Gasteiger partial charge in [-0.25, -0.2) is 0 Å². The molecule has 0 unspecified atom stereocenters. The number of unbranched alkanes of at least 4 members (excludes halogenated alkanes) is 3. The van der Waals surface area contributed by atoms with Gasteiger partial charge in [-0.3, -0.25) is 0 Å². The first-order valence-corrected chi connectivity index (χ1v) is 7.58. The van der Waals surface area contributed by atoms with Gasteiger partial charge in [0.05, 0.1) is 0 Å². The summed E-state index contributed by atoms with van der Waals surface area (Å²) in [6.07, 6.45) is 20.4. The van der Waals surface area contributed by atoms with Crippen LogP contribution >= 0.6 is 0 Å². The van der Waals surface area contributed by atoms with Crippen molar-refractivity contribution in [2.75, 3.05) is 0 Å². The molecule has 0 aromatic heterocycles. The van der Waals surface area contributed by atoms with E-state index in [1.165, 1.54) is 38.5 Å². The second-order valence-corrected chi connectivity index (χ2v) is 4.07. The fraction of sp³-hybridized carbons (Fsp3) is 0.667. The maximum atomic E-state index is 2.27. The van der Waals surface area contributed by atoms with Crippen LogP contribution in [0.2, 0.25) is 0 Å². The van der Waals surface area contributed by atoms with E-state index in [0.29, 0.717) is 0 Å². The van der Waals surface area contributed by atoms with Gasteiger partial charge in [-0.2, -0.15) is 0 Å². The van der Waals surface area contributed by atoms with Gasteiger partial charge in [0.25, 0.3) is 0 Å². The minimum absolute atomic E-state index is 0. The fourth-order valence-corrected chi connectivity index (χ4v) is 0.902. The zero-order valence-electron chi connectivity index (χ0n) is 14.1. The molecule has 19 heavy (non-hydrogen) atoms. The molecule has 116 valence electrons. The SMILES string of the molecule is CC=CC.CC=CCCC.CCCC=CCCC.[Ru]. The van der Waals surface area contributed by atoms with E-state index in [2.05, 4.69) is 52.0 Å². The second-order valence-electron chi connectivity index (χ2n) is 4.07. The molecule has 0 bridgehead atoms. The van der Waals surface area contributed by atoms with E-state index in [9.17, 15) is 0 Å². The van der Waals surface area contributed by atoms with Crippen LogP contribution in [-0.4, -0.2) is 0 Å². The maximum Gasteiger partial charge on any atom is 0 e. The van der Waals surface area contributed by atoms with Crippen LogP contribution in [-0.2, 0) is 19.5 Å². The molecule has 0 aliphatic rings. The van der Waals surface area contributed by atoms with Crippen LogP contribution in [0.15, 0.2) is 36.5 Å². The van der Waals surface area contributed by atoms with Crippen molar-refractivity contribution < 1.29 is 19.5 Å². The van der Waals surface area contributed by atoms with Gasteiger partial charge >= 0.3 is 0 Å². The van der Waals surface area contributed by atoms with Gasteiger partial charge in [0.2, 0.25) is 0 Å². The minimum atomic E-state index is 0. The molecule has 1 heteroatoms. The summed E-state index contributed by atoms with van der Waals surface area (Å²) >= 11 is 0. The molecule has 0 amide bonds. The molecule has 0 heterocycles. The van der Waals surface area contributed by atoms with Crippen LogP contribution in [0.25, 0.3) is 0 Å². The Bertz CT molecular complexity index is 166. The summed E-state index contributed by atoms with van der Waals surface area (Å²) in [6, 6.07) is 0. The van der Waals surface area contributed by atoms with Crippen LogP contribution in [0.4, 0.5) is 0 Å². The van der Waals surface area contributed by atoms with E-state index >= 15 is 0 Å². The summed E-state index contributed by atoms with van der Waals surface area (Å²) in [5, 5.41) is 0. The van der Waals surface area contributed by atoms with Crippen LogP contribution in [0.5, 0.6) is 0 Å². The summed E-state index contributed by atoms with van der Waals surface area (Å²) in [5.74, 6) is 0. The third-order valence-electron chi connectivity index (χ3n) is 2.10. The molecule has 0 aliphatic carbocycles. The predicted octanol–water partition coefficient (Wildman–Crippen LogP) is 7.09. The molecule has 0 fully saturated rings. The van der Waals surface area contributed by atoms with Gasteiger partial charge in [-0.15, -0.1) is 0 Å². The molecule has 0 aromatic carbocycles.